The molecule has 1 heterocycles. The number of rotatable bonds is 7. The van der Waals surface area contributed by atoms with Crippen molar-refractivity contribution in [1.29, 1.82) is 0 Å². The minimum Gasteiger partial charge on any atom is -0.439 e. The van der Waals surface area contributed by atoms with Gasteiger partial charge in [-0.25, -0.2) is 4.98 Å². The van der Waals surface area contributed by atoms with Crippen LogP contribution in [0.4, 0.5) is 5.69 Å². The zero-order valence-electron chi connectivity index (χ0n) is 11.9. The monoisotopic (exact) mass is 286 g/mol. The second-order valence-electron chi connectivity index (χ2n) is 4.29. The summed E-state index contributed by atoms with van der Waals surface area (Å²) in [5.41, 5.74) is 0.685. The zero-order valence-corrected chi connectivity index (χ0v) is 11.9. The Morgan fingerprint density at radius 1 is 1.24 bits per heavy atom. The van der Waals surface area contributed by atoms with Gasteiger partial charge in [-0.1, -0.05) is 12.1 Å². The van der Waals surface area contributed by atoms with Crippen molar-refractivity contribution in [1.82, 2.24) is 4.98 Å². The van der Waals surface area contributed by atoms with Crippen LogP contribution in [0.1, 0.15) is 13.3 Å². The maximum absolute atomic E-state index is 11.7. The second-order valence-corrected chi connectivity index (χ2v) is 4.29. The van der Waals surface area contributed by atoms with Gasteiger partial charge in [0.25, 0.3) is 0 Å². The number of carbonyl (C=O) groups excluding carboxylic acids is 1. The Balaban J connectivity index is 1.93. The molecule has 0 bridgehead atoms. The van der Waals surface area contributed by atoms with Crippen LogP contribution in [0, 0.1) is 0 Å². The highest BCUT2D eigenvalue weighted by Gasteiger charge is 2.04. The molecule has 2 aromatic rings. The highest BCUT2D eigenvalue weighted by molar-refractivity contribution is 5.90. The number of anilines is 1. The minimum absolute atomic E-state index is 0.0848. The highest BCUT2D eigenvalue weighted by atomic mass is 16.5. The van der Waals surface area contributed by atoms with Gasteiger partial charge in [0.1, 0.15) is 5.75 Å². The smallest absolute Gasteiger partial charge is 0.226 e. The number of amides is 1. The average Bonchev–Trinajstić information content (AvgIpc) is 2.49. The van der Waals surface area contributed by atoms with Crippen LogP contribution in [0.3, 0.4) is 0 Å². The lowest BCUT2D eigenvalue weighted by molar-refractivity contribution is -0.117. The summed E-state index contributed by atoms with van der Waals surface area (Å²) in [4.78, 5) is 15.8. The first kappa shape index (κ1) is 15.0. The first-order chi connectivity index (χ1) is 10.3. The van der Waals surface area contributed by atoms with Crippen molar-refractivity contribution in [3.05, 3.63) is 48.7 Å². The zero-order chi connectivity index (χ0) is 14.9. The maximum atomic E-state index is 11.7. The second kappa shape index (κ2) is 8.01. The number of nitrogens with one attached hydrogen (secondary N) is 1. The summed E-state index contributed by atoms with van der Waals surface area (Å²) < 4.78 is 10.8. The summed E-state index contributed by atoms with van der Waals surface area (Å²) in [5.74, 6) is 1.05. The van der Waals surface area contributed by atoms with E-state index in [1.165, 1.54) is 0 Å². The molecule has 5 nitrogen and oxygen atoms in total. The van der Waals surface area contributed by atoms with Crippen molar-refractivity contribution < 1.29 is 14.3 Å². The molecule has 0 radical (unpaired) electrons. The number of pyridine rings is 1. The van der Waals surface area contributed by atoms with Gasteiger partial charge < -0.3 is 14.8 Å². The van der Waals surface area contributed by atoms with Crippen LogP contribution in [0.25, 0.3) is 0 Å². The molecule has 0 spiro atoms. The van der Waals surface area contributed by atoms with Crippen LogP contribution in [0.5, 0.6) is 11.6 Å². The number of ether oxygens (including phenoxy) is 2. The molecular weight excluding hydrogens is 268 g/mol. The normalized spacial score (nSPS) is 10.1. The fraction of sp³-hybridized carbons (Fsp3) is 0.250. The molecule has 0 aliphatic heterocycles. The molecule has 1 amide bonds. The summed E-state index contributed by atoms with van der Waals surface area (Å²) in [6.45, 7) is 2.93. The van der Waals surface area contributed by atoms with Gasteiger partial charge in [0, 0.05) is 30.6 Å². The number of nitrogens with zero attached hydrogens (tertiary/aromatic N) is 1. The Hall–Kier alpha value is -2.40. The fourth-order valence-corrected chi connectivity index (χ4v) is 1.70. The Labute approximate surface area is 123 Å². The first-order valence-electron chi connectivity index (χ1n) is 6.84. The molecule has 5 heteroatoms. The van der Waals surface area contributed by atoms with Gasteiger partial charge >= 0.3 is 0 Å². The number of hydrogen-bond acceptors (Lipinski definition) is 4. The van der Waals surface area contributed by atoms with E-state index in [0.717, 1.165) is 0 Å². The van der Waals surface area contributed by atoms with Crippen LogP contribution < -0.4 is 10.1 Å². The number of carbonyl (C=O) groups is 1. The van der Waals surface area contributed by atoms with Gasteiger partial charge in [-0.15, -0.1) is 0 Å². The molecule has 0 aliphatic carbocycles. The van der Waals surface area contributed by atoms with Gasteiger partial charge in [0.15, 0.2) is 0 Å². The molecule has 1 aromatic carbocycles. The van der Waals surface area contributed by atoms with Crippen LogP contribution >= 0.6 is 0 Å². The van der Waals surface area contributed by atoms with E-state index in [1.807, 2.05) is 37.3 Å². The van der Waals surface area contributed by atoms with Crippen molar-refractivity contribution in [3.63, 3.8) is 0 Å². The summed E-state index contributed by atoms with van der Waals surface area (Å²) in [6.07, 6.45) is 1.99. The predicted octanol–water partition coefficient (Wildman–Crippen LogP) is 3.24. The van der Waals surface area contributed by atoms with E-state index in [1.54, 1.807) is 18.3 Å². The van der Waals surface area contributed by atoms with Crippen molar-refractivity contribution in [3.8, 4) is 11.6 Å². The van der Waals surface area contributed by atoms with Crippen molar-refractivity contribution >= 4 is 11.6 Å². The lowest BCUT2D eigenvalue weighted by Gasteiger charge is -2.08. The molecule has 0 fully saturated rings. The van der Waals surface area contributed by atoms with E-state index < -0.39 is 0 Å². The molecule has 0 atom stereocenters. The standard InChI is InChI=1S/C16H18N2O3/c1-2-20-11-9-15(19)18-13-6-5-7-14(12-13)21-16-8-3-4-10-17-16/h3-8,10,12H,2,9,11H2,1H3,(H,18,19). The Morgan fingerprint density at radius 2 is 2.14 bits per heavy atom. The number of benzene rings is 1. The number of aromatic nitrogens is 1. The van der Waals surface area contributed by atoms with E-state index in [2.05, 4.69) is 10.3 Å². The van der Waals surface area contributed by atoms with E-state index in [4.69, 9.17) is 9.47 Å². The molecular formula is C16H18N2O3. The molecule has 0 saturated carbocycles. The molecule has 0 aliphatic rings. The molecule has 2 rings (SSSR count). The summed E-state index contributed by atoms with van der Waals surface area (Å²) in [5, 5.41) is 2.81. The third kappa shape index (κ3) is 5.24. The van der Waals surface area contributed by atoms with E-state index in [0.29, 0.717) is 37.0 Å². The topological polar surface area (TPSA) is 60.5 Å². The predicted molar refractivity (Wildman–Crippen MR) is 80.5 cm³/mol. The molecule has 0 unspecified atom stereocenters. The van der Waals surface area contributed by atoms with Gasteiger partial charge in [-0.2, -0.15) is 0 Å². The lowest BCUT2D eigenvalue weighted by atomic mass is 10.3. The Bertz CT molecular complexity index is 573. The summed E-state index contributed by atoms with van der Waals surface area (Å²) in [7, 11) is 0. The van der Waals surface area contributed by atoms with Gasteiger partial charge in [-0.3, -0.25) is 4.79 Å². The SMILES string of the molecule is CCOCCC(=O)Nc1cccc(Oc2ccccn2)c1. The number of hydrogen-bond donors (Lipinski definition) is 1. The molecule has 110 valence electrons. The first-order valence-corrected chi connectivity index (χ1v) is 6.84. The largest absolute Gasteiger partial charge is 0.439 e. The van der Waals surface area contributed by atoms with Crippen LogP contribution in [0.2, 0.25) is 0 Å². The third-order valence-corrected chi connectivity index (χ3v) is 2.66. The van der Waals surface area contributed by atoms with E-state index >= 15 is 0 Å². The Morgan fingerprint density at radius 3 is 2.90 bits per heavy atom. The van der Waals surface area contributed by atoms with Crippen LogP contribution in [-0.4, -0.2) is 24.1 Å². The molecule has 0 saturated heterocycles. The van der Waals surface area contributed by atoms with Crippen LogP contribution in [0.15, 0.2) is 48.7 Å². The third-order valence-electron chi connectivity index (χ3n) is 2.66. The molecule has 1 aromatic heterocycles. The summed E-state index contributed by atoms with van der Waals surface area (Å²) >= 11 is 0. The van der Waals surface area contributed by atoms with Crippen molar-refractivity contribution in [2.75, 3.05) is 18.5 Å². The van der Waals surface area contributed by atoms with Gasteiger partial charge in [0.05, 0.1) is 13.0 Å². The van der Waals surface area contributed by atoms with Gasteiger partial charge in [0.2, 0.25) is 11.8 Å². The van der Waals surface area contributed by atoms with Crippen molar-refractivity contribution in [2.45, 2.75) is 13.3 Å². The molecule has 1 N–H and O–H groups in total. The van der Waals surface area contributed by atoms with Gasteiger partial charge in [-0.05, 0) is 25.1 Å². The fourth-order valence-electron chi connectivity index (χ4n) is 1.70. The Kier molecular flexibility index (Phi) is 5.72. The van der Waals surface area contributed by atoms with E-state index in [-0.39, 0.29) is 5.91 Å². The minimum atomic E-state index is -0.0848. The summed E-state index contributed by atoms with van der Waals surface area (Å²) in [6, 6.07) is 12.6. The lowest BCUT2D eigenvalue weighted by Crippen LogP contribution is -2.14. The van der Waals surface area contributed by atoms with E-state index in [9.17, 15) is 4.79 Å². The van der Waals surface area contributed by atoms with Crippen molar-refractivity contribution in [2.24, 2.45) is 0 Å². The average molecular weight is 286 g/mol. The van der Waals surface area contributed by atoms with Crippen LogP contribution in [-0.2, 0) is 9.53 Å². The maximum Gasteiger partial charge on any atom is 0.226 e. The quantitative estimate of drug-likeness (QED) is 0.794. The molecule has 21 heavy (non-hydrogen) atoms. The highest BCUT2D eigenvalue weighted by Crippen LogP contribution is 2.22.